The zero-order valence-electron chi connectivity index (χ0n) is 14.9. The van der Waals surface area contributed by atoms with E-state index in [1.807, 2.05) is 24.3 Å². The average molecular weight is 370 g/mol. The number of nitrogens with zero attached hydrogens (tertiary/aromatic N) is 1. The highest BCUT2D eigenvalue weighted by Gasteiger charge is 2.18. The Morgan fingerprint density at radius 3 is 2.50 bits per heavy atom. The summed E-state index contributed by atoms with van der Waals surface area (Å²) in [6.45, 7) is 2.03. The van der Waals surface area contributed by atoms with Gasteiger partial charge in [0.2, 0.25) is 0 Å². The molecule has 0 aliphatic rings. The number of anilines is 1. The van der Waals surface area contributed by atoms with Gasteiger partial charge >= 0.3 is 0 Å². The predicted molar refractivity (Wildman–Crippen MR) is 107 cm³/mol. The molecule has 3 aromatic rings. The summed E-state index contributed by atoms with van der Waals surface area (Å²) in [5.74, 6) is 1.09. The van der Waals surface area contributed by atoms with Crippen LogP contribution in [0.25, 0.3) is 11.1 Å². The van der Waals surface area contributed by atoms with Gasteiger partial charge in [0.1, 0.15) is 5.82 Å². The van der Waals surface area contributed by atoms with Crippen molar-refractivity contribution in [3.63, 3.8) is 0 Å². The van der Waals surface area contributed by atoms with Gasteiger partial charge in [0.05, 0.1) is 12.3 Å². The van der Waals surface area contributed by atoms with Gasteiger partial charge in [-0.25, -0.2) is 4.98 Å². The third-order valence-electron chi connectivity index (χ3n) is 4.64. The van der Waals surface area contributed by atoms with E-state index in [0.29, 0.717) is 10.8 Å². The first kappa shape index (κ1) is 18.5. The number of para-hydroxylation sites is 1. The number of nitrogen functional groups attached to an aromatic ring is 1. The third kappa shape index (κ3) is 4.09. The molecule has 3 rings (SSSR count). The lowest BCUT2D eigenvalue weighted by Crippen LogP contribution is -2.05. The van der Waals surface area contributed by atoms with Crippen molar-refractivity contribution in [2.45, 2.75) is 38.7 Å². The molecule has 26 heavy (non-hydrogen) atoms. The molecule has 136 valence electrons. The molecule has 0 aliphatic carbocycles. The molecule has 0 radical (unpaired) electrons. The van der Waals surface area contributed by atoms with Crippen molar-refractivity contribution in [1.29, 1.82) is 0 Å². The first-order chi connectivity index (χ1) is 12.6. The zero-order valence-corrected chi connectivity index (χ0v) is 15.6. The second-order valence-electron chi connectivity index (χ2n) is 6.52. The van der Waals surface area contributed by atoms with Crippen LogP contribution in [-0.4, -0.2) is 15.1 Å². The highest BCUT2D eigenvalue weighted by molar-refractivity contribution is 6.30. The number of aromatic amines is 1. The average Bonchev–Trinajstić information content (AvgIpc) is 3.03. The number of hydrogen-bond acceptors (Lipinski definition) is 3. The van der Waals surface area contributed by atoms with Crippen LogP contribution in [0.5, 0.6) is 0 Å². The van der Waals surface area contributed by atoms with E-state index in [2.05, 4.69) is 41.2 Å². The summed E-state index contributed by atoms with van der Waals surface area (Å²) in [5.41, 5.74) is 10.8. The summed E-state index contributed by atoms with van der Waals surface area (Å²) in [6, 6.07) is 16.4. The summed E-state index contributed by atoms with van der Waals surface area (Å²) in [7, 11) is 0. The molecule has 0 saturated carbocycles. The van der Waals surface area contributed by atoms with Crippen LogP contribution in [0.2, 0.25) is 5.15 Å². The van der Waals surface area contributed by atoms with Gasteiger partial charge in [-0.15, -0.1) is 0 Å². The van der Waals surface area contributed by atoms with Gasteiger partial charge in [-0.2, -0.15) is 0 Å². The predicted octanol–water partition coefficient (Wildman–Crippen LogP) is 4.93. The summed E-state index contributed by atoms with van der Waals surface area (Å²) in [5, 5.41) is 9.69. The summed E-state index contributed by atoms with van der Waals surface area (Å²) >= 11 is 6.08. The van der Waals surface area contributed by atoms with Crippen LogP contribution in [-0.2, 0) is 13.0 Å². The zero-order chi connectivity index (χ0) is 18.5. The van der Waals surface area contributed by atoms with E-state index in [9.17, 15) is 5.11 Å². The number of benzene rings is 2. The van der Waals surface area contributed by atoms with Crippen molar-refractivity contribution in [2.75, 3.05) is 5.73 Å². The van der Waals surface area contributed by atoms with E-state index in [1.165, 1.54) is 5.56 Å². The van der Waals surface area contributed by atoms with Crippen molar-refractivity contribution >= 4 is 17.3 Å². The van der Waals surface area contributed by atoms with Gasteiger partial charge in [0.25, 0.3) is 0 Å². The van der Waals surface area contributed by atoms with Crippen LogP contribution in [0.1, 0.15) is 42.8 Å². The maximum absolute atomic E-state index is 9.33. The number of nitrogens with two attached hydrogens (primary N) is 1. The van der Waals surface area contributed by atoms with E-state index >= 15 is 0 Å². The monoisotopic (exact) mass is 369 g/mol. The Bertz CT molecular complexity index is 858. The Balaban J connectivity index is 1.80. The van der Waals surface area contributed by atoms with Gasteiger partial charge < -0.3 is 15.8 Å². The number of nitrogens with one attached hydrogen (secondary N) is 1. The molecule has 1 atom stereocenters. The number of H-pyrrole nitrogens is 1. The van der Waals surface area contributed by atoms with Crippen molar-refractivity contribution in [1.82, 2.24) is 9.97 Å². The summed E-state index contributed by atoms with van der Waals surface area (Å²) < 4.78 is 0. The van der Waals surface area contributed by atoms with Gasteiger partial charge in [-0.05, 0) is 30.0 Å². The number of imidazole rings is 1. The van der Waals surface area contributed by atoms with E-state index in [4.69, 9.17) is 17.3 Å². The highest BCUT2D eigenvalue weighted by Crippen LogP contribution is 2.29. The summed E-state index contributed by atoms with van der Waals surface area (Å²) in [4.78, 5) is 7.58. The lowest BCUT2D eigenvalue weighted by molar-refractivity contribution is 0.277. The molecule has 0 fully saturated rings. The second-order valence-corrected chi connectivity index (χ2v) is 6.88. The van der Waals surface area contributed by atoms with Crippen LogP contribution in [0.4, 0.5) is 5.69 Å². The fourth-order valence-corrected chi connectivity index (χ4v) is 3.45. The van der Waals surface area contributed by atoms with E-state index in [-0.39, 0.29) is 12.5 Å². The molecule has 0 aliphatic heterocycles. The third-order valence-corrected chi connectivity index (χ3v) is 4.95. The highest BCUT2D eigenvalue weighted by atomic mass is 35.5. The molecule has 4 nitrogen and oxygen atoms in total. The van der Waals surface area contributed by atoms with Gasteiger partial charge in [-0.3, -0.25) is 0 Å². The Hall–Kier alpha value is -2.30. The summed E-state index contributed by atoms with van der Waals surface area (Å²) in [6.07, 6.45) is 2.92. The van der Waals surface area contributed by atoms with Crippen LogP contribution in [0.3, 0.4) is 0 Å². The molecule has 0 saturated heterocycles. The minimum atomic E-state index is -0.127. The molecular formula is C21H24ClN3O. The van der Waals surface area contributed by atoms with Crippen LogP contribution in [0.15, 0.2) is 48.5 Å². The van der Waals surface area contributed by atoms with Crippen LogP contribution >= 0.6 is 11.6 Å². The number of aliphatic hydroxyl groups is 1. The molecule has 4 N–H and O–H groups in total. The fraction of sp³-hybridized carbons (Fsp3) is 0.286. The van der Waals surface area contributed by atoms with Crippen molar-refractivity contribution in [3.05, 3.63) is 70.8 Å². The molecule has 5 heteroatoms. The first-order valence-corrected chi connectivity index (χ1v) is 9.29. The Labute approximate surface area is 159 Å². The maximum atomic E-state index is 9.33. The quantitative estimate of drug-likeness (QED) is 0.517. The maximum Gasteiger partial charge on any atom is 0.152 e. The first-order valence-electron chi connectivity index (χ1n) is 8.91. The smallest absolute Gasteiger partial charge is 0.152 e. The molecule has 0 bridgehead atoms. The lowest BCUT2D eigenvalue weighted by Gasteiger charge is -2.14. The minimum absolute atomic E-state index is 0.127. The minimum Gasteiger partial charge on any atom is -0.398 e. The molecule has 2 aromatic carbocycles. The lowest BCUT2D eigenvalue weighted by atomic mass is 9.93. The second kappa shape index (κ2) is 8.39. The van der Waals surface area contributed by atoms with Gasteiger partial charge in [0.15, 0.2) is 5.15 Å². The SMILES string of the molecule is CCCC(Cc1ccc(-c2ccccc2N)cc1)c1nc(Cl)c(CO)[nH]1. The number of aliphatic hydroxyl groups excluding tert-OH is 1. The van der Waals surface area contributed by atoms with E-state index < -0.39 is 0 Å². The number of rotatable bonds is 7. The Kier molecular flexibility index (Phi) is 5.96. The van der Waals surface area contributed by atoms with Gasteiger partial charge in [0, 0.05) is 17.2 Å². The molecule has 0 spiro atoms. The largest absolute Gasteiger partial charge is 0.398 e. The number of halogens is 1. The standard InChI is InChI=1S/C21H24ClN3O/c1-2-5-16(21-24-19(13-26)20(22)25-21)12-14-8-10-15(11-9-14)17-6-3-4-7-18(17)23/h3-4,6-11,16,26H,2,5,12-13,23H2,1H3,(H,24,25). The van der Waals surface area contributed by atoms with Crippen LogP contribution in [0, 0.1) is 0 Å². The van der Waals surface area contributed by atoms with Gasteiger partial charge in [-0.1, -0.05) is 67.4 Å². The molecular weight excluding hydrogens is 346 g/mol. The number of aromatic nitrogens is 2. The normalized spacial score (nSPS) is 12.3. The van der Waals surface area contributed by atoms with E-state index in [0.717, 1.165) is 41.9 Å². The van der Waals surface area contributed by atoms with Crippen molar-refractivity contribution < 1.29 is 5.11 Å². The molecule has 0 amide bonds. The fourth-order valence-electron chi connectivity index (χ4n) is 3.25. The van der Waals surface area contributed by atoms with Crippen molar-refractivity contribution in [2.24, 2.45) is 0 Å². The Morgan fingerprint density at radius 2 is 1.88 bits per heavy atom. The molecule has 1 aromatic heterocycles. The molecule has 1 unspecified atom stereocenters. The number of hydrogen-bond donors (Lipinski definition) is 3. The van der Waals surface area contributed by atoms with E-state index in [1.54, 1.807) is 0 Å². The Morgan fingerprint density at radius 1 is 1.15 bits per heavy atom. The topological polar surface area (TPSA) is 74.9 Å². The van der Waals surface area contributed by atoms with Crippen LogP contribution < -0.4 is 5.73 Å². The van der Waals surface area contributed by atoms with Crippen molar-refractivity contribution in [3.8, 4) is 11.1 Å². The molecule has 1 heterocycles.